The van der Waals surface area contributed by atoms with E-state index in [1.165, 1.54) is 11.1 Å². The molecule has 0 bridgehead atoms. The van der Waals surface area contributed by atoms with Crippen LogP contribution in [0.2, 0.25) is 5.02 Å². The Kier molecular flexibility index (Phi) is 7.23. The fraction of sp³-hybridized carbons (Fsp3) is 0.286. The Morgan fingerprint density at radius 1 is 1.06 bits per heavy atom. The summed E-state index contributed by atoms with van der Waals surface area (Å²) in [5, 5.41) is 9.65. The van der Waals surface area contributed by atoms with Crippen LogP contribution in [-0.4, -0.2) is 27.2 Å². The average molecular weight is 477 g/mol. The number of aliphatic carboxylic acids is 1. The van der Waals surface area contributed by atoms with Crippen molar-refractivity contribution in [1.82, 2.24) is 9.55 Å². The van der Waals surface area contributed by atoms with Gasteiger partial charge in [-0.3, -0.25) is 0 Å². The molecule has 4 rings (SSSR count). The van der Waals surface area contributed by atoms with E-state index in [-0.39, 0.29) is 5.92 Å². The fourth-order valence-electron chi connectivity index (χ4n) is 4.22. The predicted molar refractivity (Wildman–Crippen MR) is 136 cm³/mol. The van der Waals surface area contributed by atoms with Gasteiger partial charge in [0, 0.05) is 17.0 Å². The SMILES string of the molecule is CC(C)Cc1ccc(C(C)c2nc3cc(OCC(=O)O)ccc3n2Cc2ccccc2Cl)cc1. The maximum atomic E-state index is 10.9. The summed E-state index contributed by atoms with van der Waals surface area (Å²) in [5.74, 6) is 1.04. The molecule has 0 radical (unpaired) electrons. The molecule has 1 N–H and O–H groups in total. The second-order valence-electron chi connectivity index (χ2n) is 9.04. The van der Waals surface area contributed by atoms with Gasteiger partial charge >= 0.3 is 5.97 Å². The molecule has 0 aliphatic rings. The molecule has 3 aromatic carbocycles. The van der Waals surface area contributed by atoms with E-state index in [2.05, 4.69) is 49.6 Å². The van der Waals surface area contributed by atoms with Crippen LogP contribution in [0.15, 0.2) is 66.7 Å². The zero-order valence-corrected chi connectivity index (χ0v) is 20.4. The first-order valence-electron chi connectivity index (χ1n) is 11.5. The van der Waals surface area contributed by atoms with E-state index in [9.17, 15) is 4.79 Å². The van der Waals surface area contributed by atoms with Crippen molar-refractivity contribution in [3.63, 3.8) is 0 Å². The topological polar surface area (TPSA) is 64.3 Å². The molecule has 6 heteroatoms. The van der Waals surface area contributed by atoms with Gasteiger partial charge in [0.1, 0.15) is 11.6 Å². The number of halogens is 1. The number of aromatic nitrogens is 2. The van der Waals surface area contributed by atoms with Gasteiger partial charge in [0.25, 0.3) is 0 Å². The van der Waals surface area contributed by atoms with E-state index < -0.39 is 12.6 Å². The summed E-state index contributed by atoms with van der Waals surface area (Å²) in [6, 6.07) is 22.1. The second kappa shape index (κ2) is 10.3. The average Bonchev–Trinajstić information content (AvgIpc) is 3.16. The summed E-state index contributed by atoms with van der Waals surface area (Å²) >= 11 is 6.49. The molecule has 4 aromatic rings. The molecule has 1 aromatic heterocycles. The van der Waals surface area contributed by atoms with Crippen LogP contribution in [-0.2, 0) is 17.8 Å². The van der Waals surface area contributed by atoms with Gasteiger partial charge in [-0.05, 0) is 47.2 Å². The Balaban J connectivity index is 1.75. The Bertz CT molecular complexity index is 1300. The summed E-state index contributed by atoms with van der Waals surface area (Å²) in [4.78, 5) is 15.9. The number of carbonyl (C=O) groups is 1. The molecule has 0 aliphatic carbocycles. The van der Waals surface area contributed by atoms with E-state index in [0.717, 1.165) is 28.8 Å². The standard InChI is InChI=1S/C28H29ClN2O3/c1-18(2)14-20-8-10-21(11-9-20)19(3)28-30-25-15-23(34-17-27(32)33)12-13-26(25)31(28)16-22-6-4-5-7-24(22)29/h4-13,15,18-19H,14,16-17H2,1-3H3,(H,32,33). The number of hydrogen-bond acceptors (Lipinski definition) is 3. The van der Waals surface area contributed by atoms with Crippen molar-refractivity contribution < 1.29 is 14.6 Å². The van der Waals surface area contributed by atoms with Gasteiger partial charge in [-0.25, -0.2) is 9.78 Å². The molecule has 34 heavy (non-hydrogen) atoms. The van der Waals surface area contributed by atoms with Crippen molar-refractivity contribution in [2.24, 2.45) is 5.92 Å². The lowest BCUT2D eigenvalue weighted by Gasteiger charge is -2.17. The number of ether oxygens (including phenoxy) is 1. The minimum absolute atomic E-state index is 0.0476. The molecule has 176 valence electrons. The lowest BCUT2D eigenvalue weighted by molar-refractivity contribution is -0.139. The summed E-state index contributed by atoms with van der Waals surface area (Å²) in [6.07, 6.45) is 1.05. The van der Waals surface area contributed by atoms with Crippen molar-refractivity contribution in [3.8, 4) is 5.75 Å². The Hall–Kier alpha value is -3.31. The van der Waals surface area contributed by atoms with Crippen LogP contribution >= 0.6 is 11.6 Å². The Morgan fingerprint density at radius 2 is 1.79 bits per heavy atom. The van der Waals surface area contributed by atoms with Crippen LogP contribution in [0.25, 0.3) is 11.0 Å². The summed E-state index contributed by atoms with van der Waals surface area (Å²) < 4.78 is 7.57. The Morgan fingerprint density at radius 3 is 2.47 bits per heavy atom. The van der Waals surface area contributed by atoms with Gasteiger partial charge in [-0.1, -0.05) is 74.8 Å². The first-order chi connectivity index (χ1) is 16.3. The molecule has 0 saturated carbocycles. The van der Waals surface area contributed by atoms with Gasteiger partial charge in [0.2, 0.25) is 0 Å². The highest BCUT2D eigenvalue weighted by molar-refractivity contribution is 6.31. The van der Waals surface area contributed by atoms with Crippen LogP contribution in [0.5, 0.6) is 5.75 Å². The van der Waals surface area contributed by atoms with Gasteiger partial charge in [0.05, 0.1) is 17.6 Å². The van der Waals surface area contributed by atoms with Crippen molar-refractivity contribution >= 4 is 28.6 Å². The maximum absolute atomic E-state index is 10.9. The number of nitrogens with zero attached hydrogens (tertiary/aromatic N) is 2. The summed E-state index contributed by atoms with van der Waals surface area (Å²) in [6.45, 7) is 6.79. The molecule has 0 aliphatic heterocycles. The zero-order chi connectivity index (χ0) is 24.2. The second-order valence-corrected chi connectivity index (χ2v) is 9.45. The van der Waals surface area contributed by atoms with Crippen molar-refractivity contribution in [2.75, 3.05) is 6.61 Å². The van der Waals surface area contributed by atoms with Crippen LogP contribution in [0, 0.1) is 5.92 Å². The normalized spacial score (nSPS) is 12.3. The number of hydrogen-bond donors (Lipinski definition) is 1. The largest absolute Gasteiger partial charge is 0.482 e. The predicted octanol–water partition coefficient (Wildman–Crippen LogP) is 6.55. The minimum Gasteiger partial charge on any atom is -0.482 e. The van der Waals surface area contributed by atoms with Crippen LogP contribution in [0.1, 0.15) is 49.2 Å². The van der Waals surface area contributed by atoms with Gasteiger partial charge < -0.3 is 14.4 Å². The fourth-order valence-corrected chi connectivity index (χ4v) is 4.42. The first kappa shape index (κ1) is 23.8. The maximum Gasteiger partial charge on any atom is 0.341 e. The molecule has 0 amide bonds. The molecule has 5 nitrogen and oxygen atoms in total. The number of benzene rings is 3. The van der Waals surface area contributed by atoms with Crippen LogP contribution < -0.4 is 4.74 Å². The zero-order valence-electron chi connectivity index (χ0n) is 19.7. The third kappa shape index (κ3) is 5.42. The van der Waals surface area contributed by atoms with E-state index in [4.69, 9.17) is 26.4 Å². The lowest BCUT2D eigenvalue weighted by atomic mass is 9.96. The van der Waals surface area contributed by atoms with E-state index >= 15 is 0 Å². The highest BCUT2D eigenvalue weighted by atomic mass is 35.5. The monoisotopic (exact) mass is 476 g/mol. The molecule has 0 saturated heterocycles. The van der Waals surface area contributed by atoms with Gasteiger partial charge in [-0.15, -0.1) is 0 Å². The number of imidazole rings is 1. The quantitative estimate of drug-likeness (QED) is 0.297. The molecular weight excluding hydrogens is 448 g/mol. The molecule has 1 unspecified atom stereocenters. The smallest absolute Gasteiger partial charge is 0.341 e. The summed E-state index contributed by atoms with van der Waals surface area (Å²) in [7, 11) is 0. The third-order valence-corrected chi connectivity index (χ3v) is 6.28. The first-order valence-corrected chi connectivity index (χ1v) is 11.9. The Labute approximate surface area is 205 Å². The van der Waals surface area contributed by atoms with Crippen molar-refractivity contribution in [3.05, 3.63) is 94.3 Å². The molecule has 1 heterocycles. The van der Waals surface area contributed by atoms with E-state index in [1.54, 1.807) is 12.1 Å². The van der Waals surface area contributed by atoms with E-state index in [0.29, 0.717) is 23.2 Å². The van der Waals surface area contributed by atoms with Gasteiger partial charge in [0.15, 0.2) is 6.61 Å². The van der Waals surface area contributed by atoms with E-state index in [1.807, 2.05) is 30.3 Å². The number of rotatable bonds is 9. The lowest BCUT2D eigenvalue weighted by Crippen LogP contribution is -2.10. The number of fused-ring (bicyclic) bond motifs is 1. The molecule has 1 atom stereocenters. The van der Waals surface area contributed by atoms with Crippen molar-refractivity contribution in [1.29, 1.82) is 0 Å². The molecule has 0 spiro atoms. The number of carboxylic acids is 1. The van der Waals surface area contributed by atoms with Crippen LogP contribution in [0.4, 0.5) is 0 Å². The highest BCUT2D eigenvalue weighted by Gasteiger charge is 2.20. The third-order valence-electron chi connectivity index (χ3n) is 5.91. The highest BCUT2D eigenvalue weighted by Crippen LogP contribution is 2.31. The van der Waals surface area contributed by atoms with Crippen LogP contribution in [0.3, 0.4) is 0 Å². The summed E-state index contributed by atoms with van der Waals surface area (Å²) in [5.41, 5.74) is 5.23. The molecule has 0 fully saturated rings. The molecular formula is C28H29ClN2O3. The van der Waals surface area contributed by atoms with Crippen molar-refractivity contribution in [2.45, 2.75) is 39.7 Å². The van der Waals surface area contributed by atoms with Gasteiger partial charge in [-0.2, -0.15) is 0 Å². The number of carboxylic acid groups (broad SMARTS) is 1. The minimum atomic E-state index is -1.01.